The lowest BCUT2D eigenvalue weighted by molar-refractivity contribution is -0.135. The van der Waals surface area contributed by atoms with Crippen LogP contribution in [0.5, 0.6) is 0 Å². The lowest BCUT2D eigenvalue weighted by Gasteiger charge is -2.60. The van der Waals surface area contributed by atoms with Gasteiger partial charge in [-0.3, -0.25) is 4.79 Å². The maximum Gasteiger partial charge on any atom is 0.246 e. The van der Waals surface area contributed by atoms with Crippen molar-refractivity contribution in [2.24, 2.45) is 28.6 Å². The van der Waals surface area contributed by atoms with Gasteiger partial charge < -0.3 is 10.0 Å². The fourth-order valence-electron chi connectivity index (χ4n) is 7.61. The van der Waals surface area contributed by atoms with Crippen molar-refractivity contribution in [1.82, 2.24) is 4.90 Å². The fourth-order valence-corrected chi connectivity index (χ4v) is 7.80. The van der Waals surface area contributed by atoms with Gasteiger partial charge in [0.05, 0.1) is 12.1 Å². The lowest BCUT2D eigenvalue weighted by Crippen LogP contribution is -2.60. The van der Waals surface area contributed by atoms with Crippen molar-refractivity contribution >= 4 is 23.6 Å². The molecule has 1 heterocycles. The molecule has 1 N–H and O–H groups in total. The van der Waals surface area contributed by atoms with Gasteiger partial charge in [0, 0.05) is 17.5 Å². The molecular formula is C26H32ClNO2. The summed E-state index contributed by atoms with van der Waals surface area (Å²) in [5, 5.41) is 11.5. The normalized spacial score (nSPS) is 44.0. The highest BCUT2D eigenvalue weighted by atomic mass is 35.5. The maximum atomic E-state index is 12.6. The molecule has 0 aromatic heterocycles. The Morgan fingerprint density at radius 1 is 1.17 bits per heavy atom. The molecule has 7 atom stereocenters. The number of hydrogen-bond donors (Lipinski definition) is 1. The SMILES string of the molecule is CN1C(=O)C=C[C@]2(C)[C@H]3CC[C@]4(C)[C@@H](O)CC[C@H]4[C@@H]3CC(=Cc3ccccc3Cl)[C@@H]12. The first-order valence-corrected chi connectivity index (χ1v) is 11.7. The zero-order valence-corrected chi connectivity index (χ0v) is 18.9. The number of nitrogens with zero attached hydrogens (tertiary/aromatic N) is 1. The van der Waals surface area contributed by atoms with Crippen LogP contribution in [-0.2, 0) is 4.79 Å². The molecule has 4 aliphatic rings. The molecule has 0 spiro atoms. The van der Waals surface area contributed by atoms with Crippen molar-refractivity contribution in [3.63, 3.8) is 0 Å². The summed E-state index contributed by atoms with van der Waals surface area (Å²) in [5.41, 5.74) is 2.26. The highest BCUT2D eigenvalue weighted by molar-refractivity contribution is 6.32. The first-order valence-electron chi connectivity index (χ1n) is 11.3. The minimum atomic E-state index is -0.184. The van der Waals surface area contributed by atoms with Gasteiger partial charge in [0.2, 0.25) is 5.91 Å². The maximum absolute atomic E-state index is 12.6. The average molecular weight is 426 g/mol. The number of aliphatic hydroxyl groups excluding tert-OH is 1. The van der Waals surface area contributed by atoms with Gasteiger partial charge in [-0.15, -0.1) is 0 Å². The molecule has 3 fully saturated rings. The molecule has 3 nitrogen and oxygen atoms in total. The number of rotatable bonds is 1. The highest BCUT2D eigenvalue weighted by Gasteiger charge is 2.61. The van der Waals surface area contributed by atoms with Crippen LogP contribution < -0.4 is 0 Å². The predicted octanol–water partition coefficient (Wildman–Crippen LogP) is 5.33. The topological polar surface area (TPSA) is 40.5 Å². The fraction of sp³-hybridized carbons (Fsp3) is 0.577. The molecule has 0 saturated heterocycles. The van der Waals surface area contributed by atoms with Crippen molar-refractivity contribution in [2.75, 3.05) is 7.05 Å². The summed E-state index contributed by atoms with van der Waals surface area (Å²) in [6.07, 6.45) is 11.2. The first-order chi connectivity index (χ1) is 14.3. The van der Waals surface area contributed by atoms with Crippen molar-refractivity contribution in [3.8, 4) is 0 Å². The number of fused-ring (bicyclic) bond motifs is 5. The van der Waals surface area contributed by atoms with Gasteiger partial charge in [-0.05, 0) is 78.6 Å². The van der Waals surface area contributed by atoms with Crippen LogP contribution in [-0.4, -0.2) is 35.1 Å². The molecule has 30 heavy (non-hydrogen) atoms. The molecular weight excluding hydrogens is 394 g/mol. The van der Waals surface area contributed by atoms with Crippen molar-refractivity contribution in [1.29, 1.82) is 0 Å². The molecule has 0 radical (unpaired) electrons. The standard InChI is InChI=1S/C26H32ClNO2/c1-25-12-10-20-18(19(25)8-9-22(25)29)15-17(14-16-6-4-5-7-21(16)27)24-26(20,2)13-11-23(30)28(24)3/h4-7,11,13-14,18-20,22,24,29H,8-10,12,15H2,1-3H3/t18-,19-,20-,22-,24+,25-,26+/m0/s1. The number of carbonyl (C=O) groups excluding carboxylic acids is 1. The van der Waals surface area contributed by atoms with Crippen LogP contribution in [0.15, 0.2) is 42.0 Å². The summed E-state index contributed by atoms with van der Waals surface area (Å²) in [4.78, 5) is 14.6. The average Bonchev–Trinajstić information content (AvgIpc) is 3.02. The molecule has 5 rings (SSSR count). The number of likely N-dealkylation sites (N-methyl/N-ethyl adjacent to an activating group) is 1. The van der Waals surface area contributed by atoms with E-state index >= 15 is 0 Å². The Hall–Kier alpha value is -1.58. The van der Waals surface area contributed by atoms with E-state index in [1.807, 2.05) is 30.1 Å². The first kappa shape index (κ1) is 20.3. The molecule has 1 amide bonds. The summed E-state index contributed by atoms with van der Waals surface area (Å²) in [5.74, 6) is 1.68. The van der Waals surface area contributed by atoms with Gasteiger partial charge in [-0.2, -0.15) is 0 Å². The molecule has 0 bridgehead atoms. The summed E-state index contributed by atoms with van der Waals surface area (Å²) in [6.45, 7) is 4.66. The second-order valence-corrected chi connectivity index (χ2v) is 10.9. The van der Waals surface area contributed by atoms with Crippen LogP contribution in [0.1, 0.15) is 51.5 Å². The smallest absolute Gasteiger partial charge is 0.246 e. The third-order valence-corrected chi connectivity index (χ3v) is 9.51. The van der Waals surface area contributed by atoms with Crippen LogP contribution in [0, 0.1) is 28.6 Å². The van der Waals surface area contributed by atoms with Crippen molar-refractivity contribution in [3.05, 3.63) is 52.6 Å². The van der Waals surface area contributed by atoms with Crippen LogP contribution in [0.25, 0.3) is 6.08 Å². The summed E-state index contributed by atoms with van der Waals surface area (Å²) in [6, 6.07) is 8.02. The zero-order chi connectivity index (χ0) is 21.3. The molecule has 3 aliphatic carbocycles. The van der Waals surface area contributed by atoms with Gasteiger partial charge in [-0.25, -0.2) is 0 Å². The predicted molar refractivity (Wildman–Crippen MR) is 121 cm³/mol. The monoisotopic (exact) mass is 425 g/mol. The number of amides is 1. The van der Waals surface area contributed by atoms with E-state index in [-0.39, 0.29) is 28.9 Å². The van der Waals surface area contributed by atoms with E-state index in [0.717, 1.165) is 42.7 Å². The van der Waals surface area contributed by atoms with E-state index in [0.29, 0.717) is 17.8 Å². The van der Waals surface area contributed by atoms with Gasteiger partial charge in [0.25, 0.3) is 0 Å². The Balaban J connectivity index is 1.64. The minimum Gasteiger partial charge on any atom is -0.393 e. The highest BCUT2D eigenvalue weighted by Crippen LogP contribution is 2.64. The van der Waals surface area contributed by atoms with E-state index in [2.05, 4.69) is 32.1 Å². The molecule has 3 saturated carbocycles. The van der Waals surface area contributed by atoms with Crippen molar-refractivity contribution < 1.29 is 9.90 Å². The zero-order valence-electron chi connectivity index (χ0n) is 18.1. The Morgan fingerprint density at radius 2 is 1.93 bits per heavy atom. The Kier molecular flexibility index (Phi) is 4.72. The van der Waals surface area contributed by atoms with E-state index in [1.54, 1.807) is 6.08 Å². The molecule has 1 aliphatic heterocycles. The molecule has 1 aromatic carbocycles. The molecule has 0 unspecified atom stereocenters. The largest absolute Gasteiger partial charge is 0.393 e. The number of carbonyl (C=O) groups is 1. The van der Waals surface area contributed by atoms with Gasteiger partial charge in [0.1, 0.15) is 0 Å². The summed E-state index contributed by atoms with van der Waals surface area (Å²) >= 11 is 6.51. The quantitative estimate of drug-likeness (QED) is 0.660. The second-order valence-electron chi connectivity index (χ2n) is 10.5. The van der Waals surface area contributed by atoms with E-state index in [1.165, 1.54) is 5.57 Å². The van der Waals surface area contributed by atoms with Gasteiger partial charge >= 0.3 is 0 Å². The Bertz CT molecular complexity index is 939. The Labute approximate surface area is 184 Å². The van der Waals surface area contributed by atoms with Crippen molar-refractivity contribution in [2.45, 2.75) is 58.1 Å². The van der Waals surface area contributed by atoms with Crippen LogP contribution >= 0.6 is 11.6 Å². The third-order valence-electron chi connectivity index (χ3n) is 9.16. The number of aliphatic hydroxyl groups is 1. The van der Waals surface area contributed by atoms with Gasteiger partial charge in [-0.1, -0.05) is 55.8 Å². The molecule has 1 aromatic rings. The Morgan fingerprint density at radius 3 is 2.70 bits per heavy atom. The third kappa shape index (κ3) is 2.78. The lowest BCUT2D eigenvalue weighted by atomic mass is 9.47. The van der Waals surface area contributed by atoms with Gasteiger partial charge in [0.15, 0.2) is 0 Å². The number of benzene rings is 1. The minimum absolute atomic E-state index is 0.0277. The number of hydrogen-bond acceptors (Lipinski definition) is 2. The van der Waals surface area contributed by atoms with Crippen LogP contribution in [0.4, 0.5) is 0 Å². The summed E-state index contributed by atoms with van der Waals surface area (Å²) < 4.78 is 0. The number of halogens is 1. The van der Waals surface area contributed by atoms with E-state index < -0.39 is 0 Å². The molecule has 4 heteroatoms. The van der Waals surface area contributed by atoms with Crippen LogP contribution in [0.3, 0.4) is 0 Å². The van der Waals surface area contributed by atoms with E-state index in [4.69, 9.17) is 11.6 Å². The summed E-state index contributed by atoms with van der Waals surface area (Å²) in [7, 11) is 1.95. The van der Waals surface area contributed by atoms with E-state index in [9.17, 15) is 9.90 Å². The second kappa shape index (κ2) is 6.97. The van der Waals surface area contributed by atoms with Crippen LogP contribution in [0.2, 0.25) is 5.02 Å². The molecule has 160 valence electrons.